The largest absolute Gasteiger partial charge is 0.497 e. The Kier molecular flexibility index (Phi) is 6.51. The number of aromatic hydroxyl groups is 1. The Labute approximate surface area is 126 Å². The van der Waals surface area contributed by atoms with E-state index in [9.17, 15) is 5.11 Å². The highest BCUT2D eigenvalue weighted by Gasteiger charge is 2.13. The van der Waals surface area contributed by atoms with Crippen LogP contribution in [0.2, 0.25) is 5.02 Å². The van der Waals surface area contributed by atoms with E-state index in [0.717, 1.165) is 6.33 Å². The Balaban J connectivity index is 0.000000677. The molecule has 4 N–H and O–H groups in total. The zero-order valence-corrected chi connectivity index (χ0v) is 12.3. The second kappa shape index (κ2) is 8.13. The van der Waals surface area contributed by atoms with E-state index in [1.165, 1.54) is 7.11 Å². The van der Waals surface area contributed by atoms with Crippen LogP contribution in [0.5, 0.6) is 23.1 Å². The number of aliphatic hydroxyl groups is 1. The molecule has 0 unspecified atom stereocenters. The van der Waals surface area contributed by atoms with Gasteiger partial charge in [-0.2, -0.15) is 4.98 Å². The number of nitrogens with zero attached hydrogens (tertiary/aromatic N) is 2. The lowest BCUT2D eigenvalue weighted by Crippen LogP contribution is -1.97. The van der Waals surface area contributed by atoms with Crippen molar-refractivity contribution in [2.45, 2.75) is 6.92 Å². The van der Waals surface area contributed by atoms with Crippen molar-refractivity contribution in [2.75, 3.05) is 19.5 Å². The number of methoxy groups -OCH3 is 1. The first kappa shape index (κ1) is 16.8. The summed E-state index contributed by atoms with van der Waals surface area (Å²) in [5.41, 5.74) is 5.58. The third kappa shape index (κ3) is 4.66. The van der Waals surface area contributed by atoms with Gasteiger partial charge in [-0.25, -0.2) is 4.98 Å². The molecular weight excluding hydrogens is 298 g/mol. The van der Waals surface area contributed by atoms with Crippen molar-refractivity contribution in [3.05, 3.63) is 29.5 Å². The molecule has 7 nitrogen and oxygen atoms in total. The monoisotopic (exact) mass is 313 g/mol. The summed E-state index contributed by atoms with van der Waals surface area (Å²) in [5, 5.41) is 17.5. The van der Waals surface area contributed by atoms with Crippen LogP contribution in [0.15, 0.2) is 24.5 Å². The fourth-order valence-electron chi connectivity index (χ4n) is 1.27. The quantitative estimate of drug-likeness (QED) is 0.796. The molecule has 1 aromatic heterocycles. The van der Waals surface area contributed by atoms with Gasteiger partial charge < -0.3 is 25.4 Å². The number of ether oxygens (including phenoxy) is 2. The molecule has 0 radical (unpaired) electrons. The molecule has 2 aromatic rings. The number of nitrogen functional groups attached to an aromatic ring is 1. The molecule has 1 aromatic carbocycles. The summed E-state index contributed by atoms with van der Waals surface area (Å²) >= 11 is 5.96. The molecule has 8 heteroatoms. The van der Waals surface area contributed by atoms with Crippen LogP contribution in [-0.4, -0.2) is 33.9 Å². The van der Waals surface area contributed by atoms with Gasteiger partial charge in [0.15, 0.2) is 5.82 Å². The molecule has 114 valence electrons. The van der Waals surface area contributed by atoms with Crippen molar-refractivity contribution in [2.24, 2.45) is 0 Å². The summed E-state index contributed by atoms with van der Waals surface area (Å²) in [7, 11) is 1.52. The maximum absolute atomic E-state index is 9.54. The minimum Gasteiger partial charge on any atom is -0.497 e. The minimum absolute atomic E-state index is 0.0152. The van der Waals surface area contributed by atoms with Gasteiger partial charge >= 0.3 is 0 Å². The lowest BCUT2D eigenvalue weighted by molar-refractivity contribution is 0.318. The number of rotatable bonds is 3. The van der Waals surface area contributed by atoms with Gasteiger partial charge in [-0.3, -0.25) is 0 Å². The smallest absolute Gasteiger partial charge is 0.260 e. The highest BCUT2D eigenvalue weighted by molar-refractivity contribution is 6.32. The topological polar surface area (TPSA) is 111 Å². The SMILES string of the molecule is CCO.COc1ccc(Cl)c(Oc2c(N)ncnc2O)c1. The van der Waals surface area contributed by atoms with Crippen molar-refractivity contribution < 1.29 is 19.7 Å². The van der Waals surface area contributed by atoms with Crippen molar-refractivity contribution in [1.29, 1.82) is 0 Å². The lowest BCUT2D eigenvalue weighted by atomic mass is 10.3. The fraction of sp³-hybridized carbons (Fsp3) is 0.231. The molecule has 0 saturated heterocycles. The molecule has 1 heterocycles. The Morgan fingerprint density at radius 3 is 2.57 bits per heavy atom. The average molecular weight is 314 g/mol. The summed E-state index contributed by atoms with van der Waals surface area (Å²) < 4.78 is 10.4. The number of anilines is 1. The van der Waals surface area contributed by atoms with Gasteiger partial charge in [0.05, 0.1) is 12.1 Å². The van der Waals surface area contributed by atoms with Crippen molar-refractivity contribution in [1.82, 2.24) is 9.97 Å². The fourth-order valence-corrected chi connectivity index (χ4v) is 1.43. The van der Waals surface area contributed by atoms with E-state index in [2.05, 4.69) is 9.97 Å². The third-order valence-corrected chi connectivity index (χ3v) is 2.48. The van der Waals surface area contributed by atoms with Crippen LogP contribution >= 0.6 is 11.6 Å². The Morgan fingerprint density at radius 1 is 1.33 bits per heavy atom. The molecular formula is C13H16ClN3O4. The van der Waals surface area contributed by atoms with Crippen molar-refractivity contribution >= 4 is 17.4 Å². The van der Waals surface area contributed by atoms with Crippen LogP contribution in [0.25, 0.3) is 0 Å². The molecule has 0 amide bonds. The van der Waals surface area contributed by atoms with Crippen molar-refractivity contribution in [3.8, 4) is 23.1 Å². The molecule has 21 heavy (non-hydrogen) atoms. The third-order valence-electron chi connectivity index (χ3n) is 2.16. The summed E-state index contributed by atoms with van der Waals surface area (Å²) in [6.07, 6.45) is 1.13. The number of aromatic nitrogens is 2. The van der Waals surface area contributed by atoms with Gasteiger partial charge in [0, 0.05) is 12.7 Å². The molecule has 0 aliphatic rings. The van der Waals surface area contributed by atoms with E-state index in [1.54, 1.807) is 25.1 Å². The van der Waals surface area contributed by atoms with E-state index >= 15 is 0 Å². The van der Waals surface area contributed by atoms with Crippen LogP contribution < -0.4 is 15.2 Å². The van der Waals surface area contributed by atoms with Crippen LogP contribution in [0, 0.1) is 0 Å². The Hall–Kier alpha value is -2.25. The first-order valence-corrected chi connectivity index (χ1v) is 6.32. The van der Waals surface area contributed by atoms with Gasteiger partial charge in [-0.1, -0.05) is 11.6 Å². The first-order chi connectivity index (χ1) is 10.0. The molecule has 0 aliphatic carbocycles. The normalized spacial score (nSPS) is 9.52. The van der Waals surface area contributed by atoms with Crippen molar-refractivity contribution in [3.63, 3.8) is 0 Å². The summed E-state index contributed by atoms with van der Waals surface area (Å²) in [4.78, 5) is 7.29. The predicted molar refractivity (Wildman–Crippen MR) is 78.9 cm³/mol. The lowest BCUT2D eigenvalue weighted by Gasteiger charge is -2.10. The zero-order valence-electron chi connectivity index (χ0n) is 11.6. The molecule has 2 rings (SSSR count). The van der Waals surface area contributed by atoms with Crippen LogP contribution in [0.1, 0.15) is 6.92 Å². The van der Waals surface area contributed by atoms with E-state index in [-0.39, 0.29) is 29.8 Å². The highest BCUT2D eigenvalue weighted by atomic mass is 35.5. The predicted octanol–water partition coefficient (Wildman–Crippen LogP) is 2.22. The zero-order chi connectivity index (χ0) is 15.8. The van der Waals surface area contributed by atoms with E-state index in [0.29, 0.717) is 10.8 Å². The van der Waals surface area contributed by atoms with E-state index in [1.807, 2.05) is 0 Å². The molecule has 0 atom stereocenters. The van der Waals surface area contributed by atoms with Gasteiger partial charge in [-0.15, -0.1) is 0 Å². The number of aliphatic hydroxyl groups excluding tert-OH is 1. The number of nitrogens with two attached hydrogens (primary N) is 1. The maximum Gasteiger partial charge on any atom is 0.260 e. The Morgan fingerprint density at radius 2 is 2.00 bits per heavy atom. The van der Waals surface area contributed by atoms with Crippen LogP contribution in [-0.2, 0) is 0 Å². The number of hydrogen-bond acceptors (Lipinski definition) is 7. The summed E-state index contributed by atoms with van der Waals surface area (Å²) in [5.74, 6) is 0.451. The molecule has 0 spiro atoms. The Bertz CT molecular complexity index is 575. The van der Waals surface area contributed by atoms with Gasteiger partial charge in [0.2, 0.25) is 5.75 Å². The summed E-state index contributed by atoms with van der Waals surface area (Å²) in [6, 6.07) is 4.85. The molecule has 0 saturated carbocycles. The number of benzene rings is 1. The molecule has 0 fully saturated rings. The second-order valence-electron chi connectivity index (χ2n) is 3.63. The van der Waals surface area contributed by atoms with Crippen LogP contribution in [0.3, 0.4) is 0 Å². The highest BCUT2D eigenvalue weighted by Crippen LogP contribution is 2.37. The summed E-state index contributed by atoms with van der Waals surface area (Å²) in [6.45, 7) is 1.93. The maximum atomic E-state index is 9.54. The standard InChI is InChI=1S/C11H10ClN3O3.C2H6O/c1-17-6-2-3-7(12)8(4-6)18-9-10(13)14-5-15-11(9)16;1-2-3/h2-5H,1H3,(H3,13,14,15,16);3H,2H2,1H3. The molecule has 0 aliphatic heterocycles. The van der Waals surface area contributed by atoms with Gasteiger partial charge in [-0.05, 0) is 19.1 Å². The van der Waals surface area contributed by atoms with E-state index in [4.69, 9.17) is 31.9 Å². The molecule has 0 bridgehead atoms. The second-order valence-corrected chi connectivity index (χ2v) is 4.03. The average Bonchev–Trinajstić information content (AvgIpc) is 2.46. The number of hydrogen-bond donors (Lipinski definition) is 3. The van der Waals surface area contributed by atoms with Gasteiger partial charge in [0.25, 0.3) is 5.88 Å². The first-order valence-electron chi connectivity index (χ1n) is 5.95. The minimum atomic E-state index is -0.360. The van der Waals surface area contributed by atoms with Crippen LogP contribution in [0.4, 0.5) is 5.82 Å². The number of halogens is 1. The van der Waals surface area contributed by atoms with Gasteiger partial charge in [0.1, 0.15) is 17.8 Å². The van der Waals surface area contributed by atoms with E-state index < -0.39 is 0 Å².